The summed E-state index contributed by atoms with van der Waals surface area (Å²) < 4.78 is 69.7. The molecule has 11 heteroatoms. The first-order chi connectivity index (χ1) is 12.4. The number of ether oxygens (including phenoxy) is 1. The highest BCUT2D eigenvalue weighted by molar-refractivity contribution is 9.10. The van der Waals surface area contributed by atoms with Gasteiger partial charge in [-0.1, -0.05) is 22.5 Å². The van der Waals surface area contributed by atoms with Gasteiger partial charge in [0.25, 0.3) is 0 Å². The minimum Gasteiger partial charge on any atom is -0.473 e. The maximum absolute atomic E-state index is 14.0. The molecule has 0 unspecified atom stereocenters. The third kappa shape index (κ3) is 5.81. The molecule has 0 saturated heterocycles. The number of nitrogens with zero attached hydrogens (tertiary/aromatic N) is 1. The van der Waals surface area contributed by atoms with Gasteiger partial charge in [0.05, 0.1) is 0 Å². The second kappa shape index (κ2) is 8.34. The fourth-order valence-corrected chi connectivity index (χ4v) is 3.29. The third-order valence-corrected chi connectivity index (χ3v) is 4.94. The lowest BCUT2D eigenvalue weighted by atomic mass is 10.1. The molecule has 0 aliphatic carbocycles. The summed E-state index contributed by atoms with van der Waals surface area (Å²) in [4.78, 5) is 21.9. The maximum atomic E-state index is 14.0. The molecule has 0 spiro atoms. The van der Waals surface area contributed by atoms with Crippen LogP contribution in [0, 0.1) is 0 Å². The van der Waals surface area contributed by atoms with Gasteiger partial charge in [-0.05, 0) is 29.5 Å². The van der Waals surface area contributed by atoms with E-state index >= 15 is 0 Å². The predicted molar refractivity (Wildman–Crippen MR) is 94.6 cm³/mol. The molecule has 2 N–H and O–H groups in total. The molecule has 0 amide bonds. The van der Waals surface area contributed by atoms with Gasteiger partial charge in [0.1, 0.15) is 6.61 Å². The molecule has 0 atom stereocenters. The van der Waals surface area contributed by atoms with E-state index in [1.54, 1.807) is 0 Å². The van der Waals surface area contributed by atoms with Gasteiger partial charge < -0.3 is 14.5 Å². The van der Waals surface area contributed by atoms with Crippen LogP contribution in [-0.4, -0.2) is 27.6 Å². The Morgan fingerprint density at radius 1 is 1.15 bits per heavy atom. The van der Waals surface area contributed by atoms with Crippen molar-refractivity contribution in [2.45, 2.75) is 24.7 Å². The summed E-state index contributed by atoms with van der Waals surface area (Å²) in [5, 5.41) is 0.764. The van der Waals surface area contributed by atoms with Gasteiger partial charge in [0.15, 0.2) is 0 Å². The molecule has 1 aromatic carbocycles. The first kappa shape index (κ1) is 21.9. The number of fused-ring (bicyclic) bond motifs is 1. The van der Waals surface area contributed by atoms with Crippen molar-refractivity contribution in [2.24, 2.45) is 0 Å². The molecule has 27 heavy (non-hydrogen) atoms. The van der Waals surface area contributed by atoms with Crippen LogP contribution < -0.4 is 4.74 Å². The molecule has 0 saturated carbocycles. The zero-order chi connectivity index (χ0) is 20.4. The van der Waals surface area contributed by atoms with Crippen LogP contribution in [0.5, 0.6) is 5.88 Å². The molecule has 0 bridgehead atoms. The Kier molecular flexibility index (Phi) is 6.78. The summed E-state index contributed by atoms with van der Waals surface area (Å²) in [5.74, 6) is 0.0162. The van der Waals surface area contributed by atoms with Crippen molar-refractivity contribution in [3.8, 4) is 5.88 Å². The number of alkyl halides is 5. The van der Waals surface area contributed by atoms with E-state index in [0.29, 0.717) is 5.39 Å². The molecule has 0 aliphatic heterocycles. The van der Waals surface area contributed by atoms with Gasteiger partial charge in [-0.2, -0.15) is 22.0 Å². The number of rotatable bonds is 7. The summed E-state index contributed by atoms with van der Waals surface area (Å²) in [7, 11) is -3.54. The second-order valence-corrected chi connectivity index (χ2v) is 7.68. The Morgan fingerprint density at radius 3 is 2.41 bits per heavy atom. The number of benzene rings is 1. The Morgan fingerprint density at radius 2 is 1.81 bits per heavy atom. The number of halogens is 6. The molecular weight excluding hydrogens is 460 g/mol. The fraction of sp³-hybridized carbons (Fsp3) is 0.312. The van der Waals surface area contributed by atoms with E-state index < -0.39 is 32.2 Å². The average molecular weight is 474 g/mol. The first-order valence-electron chi connectivity index (χ1n) is 7.42. The molecule has 1 aromatic heterocycles. The zero-order valence-electron chi connectivity index (χ0n) is 13.6. The van der Waals surface area contributed by atoms with Crippen LogP contribution in [0.4, 0.5) is 22.0 Å². The summed E-state index contributed by atoms with van der Waals surface area (Å²) in [6.07, 6.45) is -4.26. The summed E-state index contributed by atoms with van der Waals surface area (Å²) >= 11 is 2.97. The Bertz CT molecular complexity index is 845. The summed E-state index contributed by atoms with van der Waals surface area (Å²) in [6, 6.07) is 3.74. The van der Waals surface area contributed by atoms with Gasteiger partial charge in [-0.25, -0.2) is 4.98 Å². The highest BCUT2D eigenvalue weighted by Gasteiger charge is 2.42. The van der Waals surface area contributed by atoms with Crippen LogP contribution >= 0.6 is 24.3 Å². The normalized spacial score (nSPS) is 12.6. The van der Waals surface area contributed by atoms with Crippen LogP contribution in [0.3, 0.4) is 0 Å². The van der Waals surface area contributed by atoms with Crippen molar-refractivity contribution < 1.29 is 36.5 Å². The summed E-state index contributed by atoms with van der Waals surface area (Å²) in [5.41, 5.74) is -4.25. The topological polar surface area (TPSA) is 62.6 Å². The molecule has 0 radical (unpaired) electrons. The third-order valence-electron chi connectivity index (χ3n) is 3.54. The minimum absolute atomic E-state index is 0.0162. The van der Waals surface area contributed by atoms with Gasteiger partial charge in [0, 0.05) is 34.1 Å². The van der Waals surface area contributed by atoms with Crippen molar-refractivity contribution in [1.82, 2.24) is 4.98 Å². The number of pyridine rings is 1. The van der Waals surface area contributed by atoms with E-state index in [2.05, 4.69) is 27.5 Å². The molecular formula is C16H14BrF5NO3P. The van der Waals surface area contributed by atoms with E-state index in [1.165, 1.54) is 18.3 Å². The van der Waals surface area contributed by atoms with Crippen LogP contribution in [0.2, 0.25) is 0 Å². The van der Waals surface area contributed by atoms with Gasteiger partial charge in [-0.3, -0.25) is 0 Å². The maximum Gasteiger partial charge on any atom is 0.389 e. The standard InChI is InChI=1S/C16H14BrF5NO3P/c1-9(2-3-15(18,19)20)8-26-14-6-10-4-12(16(21,22)27(24)25)13(17)5-11(10)7-23-14/h4-7,24-25H,1-3,8H2. The lowest BCUT2D eigenvalue weighted by molar-refractivity contribution is -0.134. The molecule has 148 valence electrons. The van der Waals surface area contributed by atoms with E-state index in [1.807, 2.05) is 0 Å². The van der Waals surface area contributed by atoms with Crippen molar-refractivity contribution in [2.75, 3.05) is 6.61 Å². The van der Waals surface area contributed by atoms with Crippen LogP contribution in [0.15, 0.2) is 41.0 Å². The quantitative estimate of drug-likeness (QED) is 0.311. The van der Waals surface area contributed by atoms with Crippen molar-refractivity contribution in [1.29, 1.82) is 0 Å². The van der Waals surface area contributed by atoms with E-state index in [9.17, 15) is 22.0 Å². The number of hydrogen-bond donors (Lipinski definition) is 2. The van der Waals surface area contributed by atoms with Crippen LogP contribution in [0.1, 0.15) is 18.4 Å². The number of hydrogen-bond acceptors (Lipinski definition) is 4. The highest BCUT2D eigenvalue weighted by atomic mass is 79.9. The Hall–Kier alpha value is -1.35. The lowest BCUT2D eigenvalue weighted by Gasteiger charge is -2.19. The minimum atomic E-state index is -4.29. The molecule has 2 rings (SSSR count). The first-order valence-corrected chi connectivity index (χ1v) is 9.46. The number of aromatic nitrogens is 1. The van der Waals surface area contributed by atoms with Gasteiger partial charge in [-0.15, -0.1) is 0 Å². The largest absolute Gasteiger partial charge is 0.473 e. The molecule has 0 fully saturated rings. The highest BCUT2D eigenvalue weighted by Crippen LogP contribution is 2.54. The molecule has 1 heterocycles. The fourth-order valence-electron chi connectivity index (χ4n) is 2.13. The van der Waals surface area contributed by atoms with E-state index in [4.69, 9.17) is 14.5 Å². The molecule has 2 aromatic rings. The van der Waals surface area contributed by atoms with Gasteiger partial charge >= 0.3 is 11.8 Å². The van der Waals surface area contributed by atoms with Crippen molar-refractivity contribution in [3.63, 3.8) is 0 Å². The zero-order valence-corrected chi connectivity index (χ0v) is 16.1. The van der Waals surface area contributed by atoms with Crippen LogP contribution in [-0.2, 0) is 5.66 Å². The smallest absolute Gasteiger partial charge is 0.389 e. The Balaban J connectivity index is 2.18. The Labute approximate surface area is 160 Å². The second-order valence-electron chi connectivity index (χ2n) is 5.69. The SMILES string of the molecule is C=C(CCC(F)(F)F)COc1cc2cc(C(F)(F)P(O)O)c(Br)cc2cn1. The van der Waals surface area contributed by atoms with Crippen molar-refractivity contribution >= 4 is 35.1 Å². The summed E-state index contributed by atoms with van der Waals surface area (Å²) in [6.45, 7) is 3.30. The monoisotopic (exact) mass is 473 g/mol. The predicted octanol–water partition coefficient (Wildman–Crippen LogP) is 5.62. The molecule has 0 aliphatic rings. The van der Waals surface area contributed by atoms with Gasteiger partial charge in [0.2, 0.25) is 14.3 Å². The van der Waals surface area contributed by atoms with E-state index in [-0.39, 0.29) is 34.3 Å². The lowest BCUT2D eigenvalue weighted by Crippen LogP contribution is -2.11. The van der Waals surface area contributed by atoms with Crippen LogP contribution in [0.25, 0.3) is 10.8 Å². The average Bonchev–Trinajstić information content (AvgIpc) is 2.56. The van der Waals surface area contributed by atoms with E-state index in [0.717, 1.165) is 6.07 Å². The molecule has 4 nitrogen and oxygen atoms in total. The van der Waals surface area contributed by atoms with Crippen molar-refractivity contribution in [3.05, 3.63) is 46.6 Å².